The van der Waals surface area contributed by atoms with Gasteiger partial charge in [-0.3, -0.25) is 4.79 Å². The molecule has 20 heavy (non-hydrogen) atoms. The minimum atomic E-state index is -0.263. The van der Waals surface area contributed by atoms with Gasteiger partial charge in [0, 0.05) is 43.2 Å². The lowest BCUT2D eigenvalue weighted by molar-refractivity contribution is -0.115. The second-order valence-electron chi connectivity index (χ2n) is 4.11. The zero-order valence-corrected chi connectivity index (χ0v) is 12.0. The summed E-state index contributed by atoms with van der Waals surface area (Å²) in [6.45, 7) is 1.24. The Bertz CT molecular complexity index is 599. The summed E-state index contributed by atoms with van der Waals surface area (Å²) in [5, 5.41) is 5.63. The van der Waals surface area contributed by atoms with Crippen molar-refractivity contribution in [2.45, 2.75) is 0 Å². The molecule has 4 nitrogen and oxygen atoms in total. The van der Waals surface area contributed by atoms with E-state index in [4.69, 9.17) is 0 Å². The van der Waals surface area contributed by atoms with Crippen LogP contribution in [0.1, 0.15) is 5.56 Å². The Labute approximate surface area is 122 Å². The van der Waals surface area contributed by atoms with Gasteiger partial charge in [0.25, 0.3) is 5.91 Å². The molecule has 0 aliphatic heterocycles. The van der Waals surface area contributed by atoms with Crippen LogP contribution < -0.4 is 10.2 Å². The lowest BCUT2D eigenvalue weighted by Crippen LogP contribution is -2.32. The van der Waals surface area contributed by atoms with E-state index in [0.29, 0.717) is 13.1 Å². The van der Waals surface area contributed by atoms with Crippen LogP contribution in [0.3, 0.4) is 0 Å². The van der Waals surface area contributed by atoms with Gasteiger partial charge in [-0.2, -0.15) is 0 Å². The fraction of sp³-hybridized carbons (Fsp3) is 0.200. The fourth-order valence-electron chi connectivity index (χ4n) is 1.53. The number of rotatable bonds is 4. The van der Waals surface area contributed by atoms with Crippen LogP contribution in [0.2, 0.25) is 0 Å². The standard InChI is InChI=1S/C15H15N3OS/c1-18(15-17-10-12-20-15)11-9-16-14(19)8-7-13-5-3-2-4-6-13/h2-6,10,12H,9,11H2,1H3,(H,16,19). The Kier molecular flexibility index (Phi) is 5.15. The summed E-state index contributed by atoms with van der Waals surface area (Å²) in [7, 11) is 1.95. The third kappa shape index (κ3) is 4.41. The van der Waals surface area contributed by atoms with Gasteiger partial charge in [0.05, 0.1) is 0 Å². The molecular formula is C15H15N3OS. The molecule has 0 unspecified atom stereocenters. The predicted molar refractivity (Wildman–Crippen MR) is 81.7 cm³/mol. The average molecular weight is 285 g/mol. The number of amides is 1. The van der Waals surface area contributed by atoms with Crippen LogP contribution in [0.5, 0.6) is 0 Å². The molecule has 2 rings (SSSR count). The Morgan fingerprint density at radius 2 is 2.20 bits per heavy atom. The van der Waals surface area contributed by atoms with Gasteiger partial charge in [-0.05, 0) is 12.1 Å². The van der Waals surface area contributed by atoms with Gasteiger partial charge in [0.1, 0.15) is 0 Å². The number of aromatic nitrogens is 1. The maximum Gasteiger partial charge on any atom is 0.296 e. The van der Waals surface area contributed by atoms with E-state index in [1.165, 1.54) is 0 Å². The van der Waals surface area contributed by atoms with Crippen LogP contribution in [0.25, 0.3) is 0 Å². The van der Waals surface area contributed by atoms with Crippen molar-refractivity contribution in [3.05, 3.63) is 47.5 Å². The molecule has 1 aromatic carbocycles. The van der Waals surface area contributed by atoms with Crippen LogP contribution >= 0.6 is 11.3 Å². The highest BCUT2D eigenvalue weighted by Crippen LogP contribution is 2.14. The van der Waals surface area contributed by atoms with Gasteiger partial charge < -0.3 is 10.2 Å². The van der Waals surface area contributed by atoms with Crippen molar-refractivity contribution in [1.82, 2.24) is 10.3 Å². The molecule has 0 aliphatic rings. The molecule has 0 bridgehead atoms. The number of hydrogen-bond donors (Lipinski definition) is 1. The van der Waals surface area contributed by atoms with Gasteiger partial charge in [0.2, 0.25) is 0 Å². The summed E-state index contributed by atoms with van der Waals surface area (Å²) in [5.41, 5.74) is 0.836. The van der Waals surface area contributed by atoms with E-state index < -0.39 is 0 Å². The molecule has 5 heteroatoms. The van der Waals surface area contributed by atoms with E-state index in [1.54, 1.807) is 17.5 Å². The summed E-state index contributed by atoms with van der Waals surface area (Å²) < 4.78 is 0. The second kappa shape index (κ2) is 7.31. The zero-order valence-electron chi connectivity index (χ0n) is 11.2. The first-order valence-electron chi connectivity index (χ1n) is 6.21. The zero-order chi connectivity index (χ0) is 14.2. The Morgan fingerprint density at radius 3 is 2.90 bits per heavy atom. The summed E-state index contributed by atoms with van der Waals surface area (Å²) in [5.74, 6) is 5.14. The fourth-order valence-corrected chi connectivity index (χ4v) is 2.17. The second-order valence-corrected chi connectivity index (χ2v) is 4.98. The first kappa shape index (κ1) is 14.1. The molecular weight excluding hydrogens is 270 g/mol. The lowest BCUT2D eigenvalue weighted by Gasteiger charge is -2.14. The van der Waals surface area contributed by atoms with Crippen molar-refractivity contribution >= 4 is 22.4 Å². The van der Waals surface area contributed by atoms with Gasteiger partial charge in [-0.1, -0.05) is 24.1 Å². The van der Waals surface area contributed by atoms with Crippen LogP contribution in [-0.4, -0.2) is 31.0 Å². The molecule has 1 aromatic heterocycles. The van der Waals surface area contributed by atoms with Crippen molar-refractivity contribution in [3.63, 3.8) is 0 Å². The van der Waals surface area contributed by atoms with E-state index in [2.05, 4.69) is 22.1 Å². The number of nitrogens with one attached hydrogen (secondary N) is 1. The van der Waals surface area contributed by atoms with Crippen LogP contribution in [-0.2, 0) is 4.79 Å². The normalized spacial score (nSPS) is 9.45. The third-order valence-electron chi connectivity index (χ3n) is 2.57. The summed E-state index contributed by atoms with van der Waals surface area (Å²) in [6.07, 6.45) is 1.76. The Morgan fingerprint density at radius 1 is 1.40 bits per heavy atom. The number of thiazole rings is 1. The number of likely N-dealkylation sites (N-methyl/N-ethyl adjacent to an activating group) is 1. The van der Waals surface area contributed by atoms with Crippen LogP contribution in [0.4, 0.5) is 5.13 Å². The molecule has 0 aliphatic carbocycles. The van der Waals surface area contributed by atoms with Crippen LogP contribution in [0, 0.1) is 11.8 Å². The van der Waals surface area contributed by atoms with Crippen molar-refractivity contribution in [3.8, 4) is 11.8 Å². The molecule has 0 spiro atoms. The maximum absolute atomic E-state index is 11.6. The van der Waals surface area contributed by atoms with E-state index >= 15 is 0 Å². The van der Waals surface area contributed by atoms with E-state index in [0.717, 1.165) is 10.7 Å². The summed E-state index contributed by atoms with van der Waals surface area (Å²) in [4.78, 5) is 17.8. The minimum Gasteiger partial charge on any atom is -0.349 e. The molecule has 0 saturated heterocycles. The van der Waals surface area contributed by atoms with Gasteiger partial charge in [-0.25, -0.2) is 4.98 Å². The highest BCUT2D eigenvalue weighted by atomic mass is 32.1. The van der Waals surface area contributed by atoms with Gasteiger partial charge in [-0.15, -0.1) is 11.3 Å². The van der Waals surface area contributed by atoms with E-state index in [1.807, 2.05) is 47.7 Å². The Balaban J connectivity index is 1.75. The first-order valence-corrected chi connectivity index (χ1v) is 7.09. The maximum atomic E-state index is 11.6. The topological polar surface area (TPSA) is 45.2 Å². The van der Waals surface area contributed by atoms with E-state index in [9.17, 15) is 4.79 Å². The van der Waals surface area contributed by atoms with Crippen molar-refractivity contribution in [2.24, 2.45) is 0 Å². The number of carbonyl (C=O) groups excluding carboxylic acids is 1. The first-order chi connectivity index (χ1) is 9.75. The number of hydrogen-bond acceptors (Lipinski definition) is 4. The lowest BCUT2D eigenvalue weighted by atomic mass is 10.2. The number of benzene rings is 1. The highest BCUT2D eigenvalue weighted by Gasteiger charge is 2.03. The average Bonchev–Trinajstić information content (AvgIpc) is 3.00. The minimum absolute atomic E-state index is 0.263. The number of carbonyl (C=O) groups is 1. The quantitative estimate of drug-likeness (QED) is 0.871. The molecule has 102 valence electrons. The van der Waals surface area contributed by atoms with Crippen molar-refractivity contribution in [1.29, 1.82) is 0 Å². The van der Waals surface area contributed by atoms with Gasteiger partial charge >= 0.3 is 0 Å². The smallest absolute Gasteiger partial charge is 0.296 e. The molecule has 0 atom stereocenters. The molecule has 2 aromatic rings. The highest BCUT2D eigenvalue weighted by molar-refractivity contribution is 7.13. The molecule has 1 heterocycles. The number of anilines is 1. The number of nitrogens with zero attached hydrogens (tertiary/aromatic N) is 2. The Hall–Kier alpha value is -2.32. The summed E-state index contributed by atoms with van der Waals surface area (Å²) >= 11 is 1.57. The van der Waals surface area contributed by atoms with Crippen LogP contribution in [0.15, 0.2) is 41.9 Å². The predicted octanol–water partition coefficient (Wildman–Crippen LogP) is 1.75. The summed E-state index contributed by atoms with van der Waals surface area (Å²) in [6, 6.07) is 9.45. The van der Waals surface area contributed by atoms with Gasteiger partial charge in [0.15, 0.2) is 5.13 Å². The third-order valence-corrected chi connectivity index (χ3v) is 3.46. The van der Waals surface area contributed by atoms with Crippen molar-refractivity contribution < 1.29 is 4.79 Å². The molecule has 1 N–H and O–H groups in total. The molecule has 1 amide bonds. The molecule has 0 saturated carbocycles. The largest absolute Gasteiger partial charge is 0.349 e. The molecule has 0 radical (unpaired) electrons. The van der Waals surface area contributed by atoms with Crippen molar-refractivity contribution in [2.75, 3.05) is 25.0 Å². The molecule has 0 fully saturated rings. The monoisotopic (exact) mass is 285 g/mol. The van der Waals surface area contributed by atoms with E-state index in [-0.39, 0.29) is 5.91 Å². The SMILES string of the molecule is CN(CCNC(=O)C#Cc1ccccc1)c1nccs1.